The molecule has 1 aromatic carbocycles. The van der Waals surface area contributed by atoms with E-state index >= 15 is 0 Å². The number of carbonyl (C=O) groups excluding carboxylic acids is 1. The molecule has 0 aliphatic rings. The number of carbonyl (C=O) groups is 2. The van der Waals surface area contributed by atoms with E-state index in [2.05, 4.69) is 19.2 Å². The van der Waals surface area contributed by atoms with E-state index < -0.39 is 5.97 Å². The van der Waals surface area contributed by atoms with Crippen molar-refractivity contribution in [2.75, 3.05) is 13.1 Å². The van der Waals surface area contributed by atoms with Gasteiger partial charge < -0.3 is 15.3 Å². The number of benzene rings is 1. The third-order valence-electron chi connectivity index (χ3n) is 4.26. The van der Waals surface area contributed by atoms with Crippen molar-refractivity contribution in [3.05, 3.63) is 35.9 Å². The van der Waals surface area contributed by atoms with Crippen LogP contribution >= 0.6 is 0 Å². The number of nitrogens with zero attached hydrogens (tertiary/aromatic N) is 1. The SMILES string of the molecule is CCC(C)CN(CC)C(=O)NC(CCC(=O)O)Cc1ccccc1. The average Bonchev–Trinajstić information content (AvgIpc) is 2.57. The van der Waals surface area contributed by atoms with Gasteiger partial charge in [0.05, 0.1) is 0 Å². The third kappa shape index (κ3) is 7.49. The lowest BCUT2D eigenvalue weighted by atomic mass is 10.0. The minimum Gasteiger partial charge on any atom is -0.481 e. The van der Waals surface area contributed by atoms with Gasteiger partial charge in [0.2, 0.25) is 0 Å². The monoisotopic (exact) mass is 334 g/mol. The Morgan fingerprint density at radius 2 is 1.88 bits per heavy atom. The van der Waals surface area contributed by atoms with Gasteiger partial charge >= 0.3 is 12.0 Å². The van der Waals surface area contributed by atoms with E-state index in [1.807, 2.05) is 37.3 Å². The molecule has 1 rings (SSSR count). The quantitative estimate of drug-likeness (QED) is 0.687. The van der Waals surface area contributed by atoms with Crippen molar-refractivity contribution in [3.63, 3.8) is 0 Å². The molecular weight excluding hydrogens is 304 g/mol. The third-order valence-corrected chi connectivity index (χ3v) is 4.26. The molecule has 1 aromatic rings. The highest BCUT2D eigenvalue weighted by Gasteiger charge is 2.19. The summed E-state index contributed by atoms with van der Waals surface area (Å²) in [5, 5.41) is 12.0. The summed E-state index contributed by atoms with van der Waals surface area (Å²) in [6, 6.07) is 9.55. The molecule has 134 valence electrons. The molecule has 5 heteroatoms. The van der Waals surface area contributed by atoms with Crippen LogP contribution < -0.4 is 5.32 Å². The first-order valence-corrected chi connectivity index (χ1v) is 8.77. The molecule has 0 heterocycles. The highest BCUT2D eigenvalue weighted by atomic mass is 16.4. The van der Waals surface area contributed by atoms with Crippen LogP contribution in [0.15, 0.2) is 30.3 Å². The highest BCUT2D eigenvalue weighted by Crippen LogP contribution is 2.10. The first-order valence-electron chi connectivity index (χ1n) is 8.77. The maximum atomic E-state index is 12.5. The molecule has 0 saturated heterocycles. The fourth-order valence-electron chi connectivity index (χ4n) is 2.55. The van der Waals surface area contributed by atoms with Crippen molar-refractivity contribution in [2.45, 2.75) is 52.5 Å². The van der Waals surface area contributed by atoms with Crippen LogP contribution in [0.25, 0.3) is 0 Å². The van der Waals surface area contributed by atoms with Gasteiger partial charge in [0.1, 0.15) is 0 Å². The van der Waals surface area contributed by atoms with Crippen LogP contribution in [-0.2, 0) is 11.2 Å². The van der Waals surface area contributed by atoms with Crippen LogP contribution in [0.5, 0.6) is 0 Å². The van der Waals surface area contributed by atoms with Crippen LogP contribution in [0.3, 0.4) is 0 Å². The molecule has 0 fully saturated rings. The Bertz CT molecular complexity index is 505. The van der Waals surface area contributed by atoms with Crippen molar-refractivity contribution < 1.29 is 14.7 Å². The average molecular weight is 334 g/mol. The van der Waals surface area contributed by atoms with Crippen LogP contribution in [0.2, 0.25) is 0 Å². The van der Waals surface area contributed by atoms with Crippen molar-refractivity contribution in [2.24, 2.45) is 5.92 Å². The zero-order chi connectivity index (χ0) is 17.9. The summed E-state index contributed by atoms with van der Waals surface area (Å²) < 4.78 is 0. The highest BCUT2D eigenvalue weighted by molar-refractivity contribution is 5.74. The zero-order valence-corrected chi connectivity index (χ0v) is 15.0. The van der Waals surface area contributed by atoms with Gasteiger partial charge in [0.15, 0.2) is 0 Å². The normalized spacial score (nSPS) is 13.1. The number of nitrogens with one attached hydrogen (secondary N) is 1. The topological polar surface area (TPSA) is 69.6 Å². The summed E-state index contributed by atoms with van der Waals surface area (Å²) in [6.45, 7) is 7.57. The summed E-state index contributed by atoms with van der Waals surface area (Å²) in [4.78, 5) is 25.2. The molecule has 2 N–H and O–H groups in total. The second-order valence-electron chi connectivity index (χ2n) is 6.32. The van der Waals surface area contributed by atoms with Crippen LogP contribution in [0.1, 0.15) is 45.6 Å². The van der Waals surface area contributed by atoms with E-state index in [-0.39, 0.29) is 18.5 Å². The second kappa shape index (κ2) is 10.7. The van der Waals surface area contributed by atoms with Crippen LogP contribution in [-0.4, -0.2) is 41.1 Å². The lowest BCUT2D eigenvalue weighted by Gasteiger charge is -2.27. The molecule has 0 aliphatic heterocycles. The van der Waals surface area contributed by atoms with E-state index in [0.717, 1.165) is 18.5 Å². The number of hydrogen-bond acceptors (Lipinski definition) is 2. The van der Waals surface area contributed by atoms with Gasteiger partial charge in [-0.25, -0.2) is 4.79 Å². The standard InChI is InChI=1S/C19H30N2O3/c1-4-15(3)14-21(5-2)19(24)20-17(11-12-18(22)23)13-16-9-7-6-8-10-16/h6-10,15,17H,4-5,11-14H2,1-3H3,(H,20,24)(H,22,23). The summed E-state index contributed by atoms with van der Waals surface area (Å²) in [5.74, 6) is -0.392. The Balaban J connectivity index is 2.70. The molecular formula is C19H30N2O3. The van der Waals surface area contributed by atoms with E-state index in [4.69, 9.17) is 5.11 Å². The summed E-state index contributed by atoms with van der Waals surface area (Å²) in [5.41, 5.74) is 1.10. The van der Waals surface area contributed by atoms with Crippen molar-refractivity contribution in [1.82, 2.24) is 10.2 Å². The van der Waals surface area contributed by atoms with Crippen LogP contribution in [0, 0.1) is 5.92 Å². The molecule has 0 bridgehead atoms. The summed E-state index contributed by atoms with van der Waals surface area (Å²) in [7, 11) is 0. The number of rotatable bonds is 10. The van der Waals surface area contributed by atoms with Gasteiger partial charge in [0.25, 0.3) is 0 Å². The molecule has 2 unspecified atom stereocenters. The summed E-state index contributed by atoms with van der Waals surface area (Å²) >= 11 is 0. The molecule has 0 aromatic heterocycles. The van der Waals surface area contributed by atoms with Gasteiger partial charge in [-0.05, 0) is 31.2 Å². The number of carboxylic acids is 1. The van der Waals surface area contributed by atoms with Gasteiger partial charge in [-0.3, -0.25) is 4.79 Å². The number of hydrogen-bond donors (Lipinski definition) is 2. The lowest BCUT2D eigenvalue weighted by molar-refractivity contribution is -0.137. The number of urea groups is 1. The van der Waals surface area contributed by atoms with E-state index in [9.17, 15) is 9.59 Å². The van der Waals surface area contributed by atoms with E-state index in [1.54, 1.807) is 4.90 Å². The molecule has 24 heavy (non-hydrogen) atoms. The summed E-state index contributed by atoms with van der Waals surface area (Å²) in [6.07, 6.45) is 2.14. The number of aliphatic carboxylic acids is 1. The molecule has 2 atom stereocenters. The molecule has 0 spiro atoms. The fraction of sp³-hybridized carbons (Fsp3) is 0.579. The zero-order valence-electron chi connectivity index (χ0n) is 15.0. The molecule has 0 aliphatic carbocycles. The van der Waals surface area contributed by atoms with Gasteiger partial charge in [-0.2, -0.15) is 0 Å². The predicted molar refractivity (Wildman–Crippen MR) is 96.0 cm³/mol. The van der Waals surface area contributed by atoms with Crippen LogP contribution in [0.4, 0.5) is 4.79 Å². The number of amides is 2. The van der Waals surface area contributed by atoms with Gasteiger partial charge in [-0.15, -0.1) is 0 Å². The molecule has 0 radical (unpaired) electrons. The number of carboxylic acid groups (broad SMARTS) is 1. The smallest absolute Gasteiger partial charge is 0.317 e. The first kappa shape index (κ1) is 20.0. The first-order chi connectivity index (χ1) is 11.5. The second-order valence-corrected chi connectivity index (χ2v) is 6.32. The Labute approximate surface area is 145 Å². The van der Waals surface area contributed by atoms with Crippen molar-refractivity contribution in [3.8, 4) is 0 Å². The van der Waals surface area contributed by atoms with E-state index in [0.29, 0.717) is 25.3 Å². The van der Waals surface area contributed by atoms with Gasteiger partial charge in [-0.1, -0.05) is 50.6 Å². The molecule has 5 nitrogen and oxygen atoms in total. The largest absolute Gasteiger partial charge is 0.481 e. The lowest BCUT2D eigenvalue weighted by Crippen LogP contribution is -2.47. The minimum absolute atomic E-state index is 0.0509. The Kier molecular flexibility index (Phi) is 8.90. The molecule has 2 amide bonds. The van der Waals surface area contributed by atoms with E-state index in [1.165, 1.54) is 0 Å². The maximum Gasteiger partial charge on any atom is 0.317 e. The Morgan fingerprint density at radius 3 is 2.42 bits per heavy atom. The van der Waals surface area contributed by atoms with Gasteiger partial charge in [0, 0.05) is 25.6 Å². The predicted octanol–water partition coefficient (Wildman–Crippen LogP) is 3.54. The fourth-order valence-corrected chi connectivity index (χ4v) is 2.55. The maximum absolute atomic E-state index is 12.5. The van der Waals surface area contributed by atoms with Crippen molar-refractivity contribution >= 4 is 12.0 Å². The minimum atomic E-state index is -0.839. The molecule has 0 saturated carbocycles. The Morgan fingerprint density at radius 1 is 1.21 bits per heavy atom. The Hall–Kier alpha value is -2.04. The van der Waals surface area contributed by atoms with Crippen molar-refractivity contribution in [1.29, 1.82) is 0 Å².